The molecule has 1 atom stereocenters. The first-order chi connectivity index (χ1) is 14.2. The van der Waals surface area contributed by atoms with Gasteiger partial charge in [0.2, 0.25) is 0 Å². The second kappa shape index (κ2) is 7.47. The minimum atomic E-state index is -0.520. The topological polar surface area (TPSA) is 107 Å². The Morgan fingerprint density at radius 2 is 2.07 bits per heavy atom. The van der Waals surface area contributed by atoms with Gasteiger partial charge in [-0.05, 0) is 38.6 Å². The summed E-state index contributed by atoms with van der Waals surface area (Å²) in [5.41, 5.74) is -0.317. The zero-order chi connectivity index (χ0) is 21.5. The van der Waals surface area contributed by atoms with Crippen LogP contribution in [0, 0.1) is 0 Å². The van der Waals surface area contributed by atoms with Crippen molar-refractivity contribution in [2.45, 2.75) is 38.8 Å². The number of rotatable bonds is 3. The summed E-state index contributed by atoms with van der Waals surface area (Å²) < 4.78 is 5.51. The number of ether oxygens (including phenoxy) is 1. The Kier molecular flexibility index (Phi) is 4.97. The number of fused-ring (bicyclic) bond motifs is 1. The molecule has 3 heterocycles. The maximum absolute atomic E-state index is 12.4. The fourth-order valence-electron chi connectivity index (χ4n) is 3.69. The summed E-state index contributed by atoms with van der Waals surface area (Å²) in [5, 5.41) is 8.39. The highest BCUT2D eigenvalue weighted by atomic mass is 16.6. The van der Waals surface area contributed by atoms with E-state index < -0.39 is 5.60 Å². The van der Waals surface area contributed by atoms with E-state index in [4.69, 9.17) is 9.72 Å². The molecule has 2 N–H and O–H groups in total. The molecule has 0 radical (unpaired) electrons. The number of aromatic amines is 2. The molecule has 0 saturated carbocycles. The van der Waals surface area contributed by atoms with E-state index in [1.165, 1.54) is 0 Å². The lowest BCUT2D eigenvalue weighted by atomic mass is 10.1. The third-order valence-corrected chi connectivity index (χ3v) is 5.16. The first kappa shape index (κ1) is 19.9. The number of hydrogen-bond acceptors (Lipinski definition) is 6. The minimum absolute atomic E-state index is 0.0990. The molecule has 4 rings (SSSR count). The van der Waals surface area contributed by atoms with E-state index in [2.05, 4.69) is 20.1 Å². The highest BCUT2D eigenvalue weighted by Crippen LogP contribution is 2.31. The average Bonchev–Trinajstić information content (AvgIpc) is 3.35. The van der Waals surface area contributed by atoms with E-state index >= 15 is 0 Å². The second-order valence-electron chi connectivity index (χ2n) is 8.56. The van der Waals surface area contributed by atoms with Gasteiger partial charge >= 0.3 is 11.8 Å². The van der Waals surface area contributed by atoms with Gasteiger partial charge in [-0.15, -0.1) is 0 Å². The van der Waals surface area contributed by atoms with Crippen molar-refractivity contribution in [2.75, 3.05) is 25.0 Å². The molecular weight excluding hydrogens is 384 g/mol. The third-order valence-electron chi connectivity index (χ3n) is 5.16. The van der Waals surface area contributed by atoms with Crippen LogP contribution >= 0.6 is 0 Å². The summed E-state index contributed by atoms with van der Waals surface area (Å²) in [5.74, 6) is 1.17. The number of carbonyl (C=O) groups is 1. The Labute approximate surface area is 174 Å². The average molecular weight is 410 g/mol. The maximum atomic E-state index is 12.4. The molecule has 1 fully saturated rings. The monoisotopic (exact) mass is 410 g/mol. The van der Waals surface area contributed by atoms with Gasteiger partial charge in [-0.1, -0.05) is 24.3 Å². The lowest BCUT2D eigenvalue weighted by Gasteiger charge is -2.28. The maximum Gasteiger partial charge on any atom is 0.410 e. The Bertz CT molecular complexity index is 1130. The molecular formula is C21H26N6O3. The van der Waals surface area contributed by atoms with Crippen molar-refractivity contribution in [1.29, 1.82) is 0 Å². The molecule has 3 aromatic rings. The van der Waals surface area contributed by atoms with Crippen molar-refractivity contribution < 1.29 is 9.53 Å². The SMILES string of the molecule is CN(c1nc(-c2n[nH]c(=O)[nH]2)cc2ccccc12)[C@H]1CCN(C(=O)OC(C)(C)C)C1. The number of nitrogens with zero attached hydrogens (tertiary/aromatic N) is 4. The molecule has 0 unspecified atom stereocenters. The van der Waals surface area contributed by atoms with Crippen LogP contribution in [0.2, 0.25) is 0 Å². The van der Waals surface area contributed by atoms with E-state index in [0.29, 0.717) is 24.6 Å². The normalized spacial score (nSPS) is 16.8. The molecule has 1 saturated heterocycles. The van der Waals surface area contributed by atoms with Crippen LogP contribution < -0.4 is 10.6 Å². The minimum Gasteiger partial charge on any atom is -0.444 e. The first-order valence-electron chi connectivity index (χ1n) is 9.97. The number of H-pyrrole nitrogens is 2. The summed E-state index contributed by atoms with van der Waals surface area (Å²) in [4.78, 5) is 35.2. The van der Waals surface area contributed by atoms with Crippen molar-refractivity contribution in [3.8, 4) is 11.5 Å². The van der Waals surface area contributed by atoms with E-state index in [0.717, 1.165) is 23.0 Å². The number of likely N-dealkylation sites (tertiary alicyclic amines) is 1. The zero-order valence-electron chi connectivity index (χ0n) is 17.6. The lowest BCUT2D eigenvalue weighted by Crippen LogP contribution is -2.39. The van der Waals surface area contributed by atoms with E-state index in [9.17, 15) is 9.59 Å². The van der Waals surface area contributed by atoms with Gasteiger partial charge in [-0.2, -0.15) is 5.10 Å². The van der Waals surface area contributed by atoms with E-state index in [1.807, 2.05) is 58.2 Å². The van der Waals surface area contributed by atoms with Crippen LogP contribution in [-0.2, 0) is 4.74 Å². The fourth-order valence-corrected chi connectivity index (χ4v) is 3.69. The number of amides is 1. The van der Waals surface area contributed by atoms with Gasteiger partial charge in [-0.3, -0.25) is 4.98 Å². The smallest absolute Gasteiger partial charge is 0.410 e. The molecule has 1 amide bonds. The number of hydrogen-bond donors (Lipinski definition) is 2. The summed E-state index contributed by atoms with van der Waals surface area (Å²) in [6.45, 7) is 6.79. The zero-order valence-corrected chi connectivity index (χ0v) is 17.6. The van der Waals surface area contributed by atoms with Gasteiger partial charge < -0.3 is 14.5 Å². The van der Waals surface area contributed by atoms with Gasteiger partial charge in [0.1, 0.15) is 17.1 Å². The number of aromatic nitrogens is 4. The molecule has 1 aromatic carbocycles. The van der Waals surface area contributed by atoms with Crippen molar-refractivity contribution in [3.05, 3.63) is 40.8 Å². The second-order valence-corrected chi connectivity index (χ2v) is 8.56. The van der Waals surface area contributed by atoms with Gasteiger partial charge in [0.25, 0.3) is 0 Å². The van der Waals surface area contributed by atoms with Gasteiger partial charge in [-0.25, -0.2) is 19.7 Å². The summed E-state index contributed by atoms with van der Waals surface area (Å²) in [6, 6.07) is 9.96. The van der Waals surface area contributed by atoms with Crippen molar-refractivity contribution in [3.63, 3.8) is 0 Å². The highest BCUT2D eigenvalue weighted by molar-refractivity contribution is 5.94. The Morgan fingerprint density at radius 1 is 1.30 bits per heavy atom. The van der Waals surface area contributed by atoms with Crippen LogP contribution in [0.25, 0.3) is 22.3 Å². The standard InChI is InChI=1S/C21H26N6O3/c1-21(2,3)30-20(29)27-10-9-14(12-27)26(4)18-15-8-6-5-7-13(15)11-16(22-18)17-23-19(28)25-24-17/h5-8,11,14H,9-10,12H2,1-4H3,(H2,23,24,25,28)/t14-/m0/s1. The predicted octanol–water partition coefficient (Wildman–Crippen LogP) is 2.76. The van der Waals surface area contributed by atoms with Crippen molar-refractivity contribution in [2.24, 2.45) is 0 Å². The van der Waals surface area contributed by atoms with Crippen LogP contribution in [-0.4, -0.2) is 62.9 Å². The number of pyridine rings is 1. The van der Waals surface area contributed by atoms with Crippen molar-refractivity contribution >= 4 is 22.7 Å². The van der Waals surface area contributed by atoms with Crippen LogP contribution in [0.15, 0.2) is 35.1 Å². The molecule has 2 aromatic heterocycles. The number of likely N-dealkylation sites (N-methyl/N-ethyl adjacent to an activating group) is 1. The molecule has 1 aliphatic rings. The predicted molar refractivity (Wildman–Crippen MR) is 115 cm³/mol. The Balaban J connectivity index is 1.64. The van der Waals surface area contributed by atoms with Crippen molar-refractivity contribution in [1.82, 2.24) is 25.1 Å². The number of benzene rings is 1. The summed E-state index contributed by atoms with van der Waals surface area (Å²) >= 11 is 0. The van der Waals surface area contributed by atoms with Gasteiger partial charge in [0.05, 0.1) is 0 Å². The summed E-state index contributed by atoms with van der Waals surface area (Å²) in [7, 11) is 1.98. The van der Waals surface area contributed by atoms with Crippen LogP contribution in [0.3, 0.4) is 0 Å². The molecule has 9 heteroatoms. The lowest BCUT2D eigenvalue weighted by molar-refractivity contribution is 0.0292. The number of carbonyl (C=O) groups excluding carboxylic acids is 1. The number of nitrogens with one attached hydrogen (secondary N) is 2. The fraction of sp³-hybridized carbons (Fsp3) is 0.429. The summed E-state index contributed by atoms with van der Waals surface area (Å²) in [6.07, 6.45) is 0.522. The molecule has 158 valence electrons. The largest absolute Gasteiger partial charge is 0.444 e. The molecule has 0 aliphatic carbocycles. The molecule has 0 bridgehead atoms. The van der Waals surface area contributed by atoms with Gasteiger partial charge in [0.15, 0.2) is 5.82 Å². The Morgan fingerprint density at radius 3 is 2.77 bits per heavy atom. The molecule has 9 nitrogen and oxygen atoms in total. The van der Waals surface area contributed by atoms with Crippen LogP contribution in [0.4, 0.5) is 10.6 Å². The van der Waals surface area contributed by atoms with E-state index in [-0.39, 0.29) is 17.8 Å². The van der Waals surface area contributed by atoms with Gasteiger partial charge in [0, 0.05) is 31.6 Å². The molecule has 1 aliphatic heterocycles. The van der Waals surface area contributed by atoms with Crippen LogP contribution in [0.1, 0.15) is 27.2 Å². The Hall–Kier alpha value is -3.36. The molecule has 30 heavy (non-hydrogen) atoms. The third kappa shape index (κ3) is 4.00. The quantitative estimate of drug-likeness (QED) is 0.688. The molecule has 0 spiro atoms. The number of anilines is 1. The highest BCUT2D eigenvalue weighted by Gasteiger charge is 2.32. The van der Waals surface area contributed by atoms with Crippen LogP contribution in [0.5, 0.6) is 0 Å². The first-order valence-corrected chi connectivity index (χ1v) is 9.97. The van der Waals surface area contributed by atoms with E-state index in [1.54, 1.807) is 4.90 Å².